The highest BCUT2D eigenvalue weighted by Gasteiger charge is 2.44. The third-order valence-corrected chi connectivity index (χ3v) is 7.85. The molecular weight excluding hydrogens is 438 g/mol. The Morgan fingerprint density at radius 1 is 1.00 bits per heavy atom. The van der Waals surface area contributed by atoms with Gasteiger partial charge in [0.05, 0.1) is 17.8 Å². The SMILES string of the molecule is Cc1cc([C@@H]2[C@H](c3ccccn3)NC(=S)N2C2CCCCC2)c(C)n1-c1ccc(N(C)C)cc1. The molecule has 3 heterocycles. The number of hydrogen-bond donors (Lipinski definition) is 1. The van der Waals surface area contributed by atoms with Crippen LogP contribution in [0.15, 0.2) is 54.7 Å². The molecule has 1 N–H and O–H groups in total. The molecule has 34 heavy (non-hydrogen) atoms. The zero-order valence-electron chi connectivity index (χ0n) is 20.7. The Balaban J connectivity index is 1.59. The topological polar surface area (TPSA) is 36.3 Å². The van der Waals surface area contributed by atoms with Gasteiger partial charge in [-0.2, -0.15) is 0 Å². The predicted octanol–water partition coefficient (Wildman–Crippen LogP) is 5.86. The van der Waals surface area contributed by atoms with Gasteiger partial charge in [0.15, 0.2) is 5.11 Å². The molecule has 2 aromatic heterocycles. The lowest BCUT2D eigenvalue weighted by molar-refractivity contribution is 0.197. The highest BCUT2D eigenvalue weighted by atomic mass is 32.1. The minimum Gasteiger partial charge on any atom is -0.378 e. The maximum Gasteiger partial charge on any atom is 0.170 e. The van der Waals surface area contributed by atoms with Crippen LogP contribution in [-0.4, -0.2) is 39.7 Å². The fraction of sp³-hybridized carbons (Fsp3) is 0.429. The van der Waals surface area contributed by atoms with Crippen molar-refractivity contribution in [1.82, 2.24) is 19.8 Å². The van der Waals surface area contributed by atoms with Gasteiger partial charge >= 0.3 is 0 Å². The van der Waals surface area contributed by atoms with Crippen molar-refractivity contribution in [2.75, 3.05) is 19.0 Å². The molecule has 1 aromatic carbocycles. The van der Waals surface area contributed by atoms with E-state index in [2.05, 4.69) is 90.1 Å². The Kier molecular flexibility index (Phi) is 6.34. The van der Waals surface area contributed by atoms with Crippen LogP contribution < -0.4 is 10.2 Å². The van der Waals surface area contributed by atoms with E-state index in [9.17, 15) is 0 Å². The van der Waals surface area contributed by atoms with Crippen molar-refractivity contribution in [2.24, 2.45) is 0 Å². The van der Waals surface area contributed by atoms with Crippen LogP contribution in [0.1, 0.15) is 66.8 Å². The summed E-state index contributed by atoms with van der Waals surface area (Å²) in [5.41, 5.74) is 7.30. The Hall–Kier alpha value is -2.86. The van der Waals surface area contributed by atoms with Crippen molar-refractivity contribution in [3.8, 4) is 5.69 Å². The van der Waals surface area contributed by atoms with Gasteiger partial charge in [-0.15, -0.1) is 0 Å². The molecule has 178 valence electrons. The Morgan fingerprint density at radius 2 is 1.74 bits per heavy atom. The van der Waals surface area contributed by atoms with Crippen LogP contribution in [-0.2, 0) is 0 Å². The van der Waals surface area contributed by atoms with Gasteiger partial charge in [0.2, 0.25) is 0 Å². The number of aromatic nitrogens is 2. The molecule has 3 aromatic rings. The van der Waals surface area contributed by atoms with E-state index < -0.39 is 0 Å². The maximum absolute atomic E-state index is 5.97. The third-order valence-electron chi connectivity index (χ3n) is 7.52. The smallest absolute Gasteiger partial charge is 0.170 e. The second-order valence-electron chi connectivity index (χ2n) is 9.90. The Labute approximate surface area is 208 Å². The van der Waals surface area contributed by atoms with Crippen LogP contribution in [0.3, 0.4) is 0 Å². The van der Waals surface area contributed by atoms with E-state index in [1.807, 2.05) is 12.3 Å². The lowest BCUT2D eigenvalue weighted by Crippen LogP contribution is -2.40. The third kappa shape index (κ3) is 4.09. The number of anilines is 1. The zero-order chi connectivity index (χ0) is 23.8. The van der Waals surface area contributed by atoms with Crippen molar-refractivity contribution < 1.29 is 0 Å². The van der Waals surface area contributed by atoms with E-state index in [0.717, 1.165) is 10.8 Å². The summed E-state index contributed by atoms with van der Waals surface area (Å²) in [6.45, 7) is 4.45. The monoisotopic (exact) mass is 473 g/mol. The molecule has 5 nitrogen and oxygen atoms in total. The lowest BCUT2D eigenvalue weighted by Gasteiger charge is -2.37. The molecular formula is C28H35N5S. The van der Waals surface area contributed by atoms with E-state index in [0.29, 0.717) is 6.04 Å². The molecule has 1 saturated carbocycles. The number of pyridine rings is 1. The van der Waals surface area contributed by atoms with Crippen molar-refractivity contribution >= 4 is 23.0 Å². The van der Waals surface area contributed by atoms with Gasteiger partial charge in [-0.3, -0.25) is 4.98 Å². The molecule has 2 fully saturated rings. The summed E-state index contributed by atoms with van der Waals surface area (Å²) in [4.78, 5) is 9.38. The standard InChI is InChI=1S/C28H35N5S/c1-19-18-24(20(2)32(19)23-15-13-21(14-16-23)31(3)4)27-26(25-12-8-9-17-29-25)30-28(34)33(27)22-10-6-5-7-11-22/h8-9,12-18,22,26-27H,5-7,10-11H2,1-4H3,(H,30,34)/t26-,27+/m0/s1. The van der Waals surface area contributed by atoms with Crippen LogP contribution in [0.25, 0.3) is 5.69 Å². The van der Waals surface area contributed by atoms with Crippen LogP contribution in [0.5, 0.6) is 0 Å². The first kappa shape index (κ1) is 22.9. The van der Waals surface area contributed by atoms with Crippen molar-refractivity contribution in [3.63, 3.8) is 0 Å². The van der Waals surface area contributed by atoms with Gasteiger partial charge in [-0.25, -0.2) is 0 Å². The zero-order valence-corrected chi connectivity index (χ0v) is 21.5. The molecule has 1 aliphatic heterocycles. The number of aryl methyl sites for hydroxylation is 1. The molecule has 2 atom stereocenters. The van der Waals surface area contributed by atoms with Crippen LogP contribution in [0, 0.1) is 13.8 Å². The number of hydrogen-bond acceptors (Lipinski definition) is 3. The van der Waals surface area contributed by atoms with Gasteiger partial charge < -0.3 is 19.7 Å². The van der Waals surface area contributed by atoms with Gasteiger partial charge in [-0.05, 0) is 86.9 Å². The average Bonchev–Trinajstić information content (AvgIpc) is 3.35. The van der Waals surface area contributed by atoms with Crippen molar-refractivity contribution in [2.45, 2.75) is 64.1 Å². The second kappa shape index (κ2) is 9.41. The van der Waals surface area contributed by atoms with Gasteiger partial charge in [0, 0.05) is 49.1 Å². The number of thiocarbonyl (C=S) groups is 1. The van der Waals surface area contributed by atoms with Crippen LogP contribution in [0.4, 0.5) is 5.69 Å². The predicted molar refractivity (Wildman–Crippen MR) is 144 cm³/mol. The van der Waals surface area contributed by atoms with E-state index in [-0.39, 0.29) is 12.1 Å². The summed E-state index contributed by atoms with van der Waals surface area (Å²) >= 11 is 5.97. The average molecular weight is 474 g/mol. The molecule has 0 bridgehead atoms. The summed E-state index contributed by atoms with van der Waals surface area (Å²) in [6.07, 6.45) is 8.19. The van der Waals surface area contributed by atoms with E-state index >= 15 is 0 Å². The maximum atomic E-state index is 5.97. The van der Waals surface area contributed by atoms with Crippen LogP contribution >= 0.6 is 12.2 Å². The minimum atomic E-state index is 0.0423. The lowest BCUT2D eigenvalue weighted by atomic mass is 9.90. The number of nitrogens with one attached hydrogen (secondary N) is 1. The quantitative estimate of drug-likeness (QED) is 0.470. The van der Waals surface area contributed by atoms with E-state index in [1.54, 1.807) is 0 Å². The number of rotatable bonds is 5. The summed E-state index contributed by atoms with van der Waals surface area (Å²) in [7, 11) is 4.15. The second-order valence-corrected chi connectivity index (χ2v) is 10.3. The fourth-order valence-corrected chi connectivity index (χ4v) is 6.22. The Bertz CT molecular complexity index is 1150. The molecule has 5 rings (SSSR count). The van der Waals surface area contributed by atoms with Gasteiger partial charge in [-0.1, -0.05) is 25.3 Å². The highest BCUT2D eigenvalue weighted by Crippen LogP contribution is 2.44. The fourth-order valence-electron chi connectivity index (χ4n) is 5.83. The van der Waals surface area contributed by atoms with Crippen molar-refractivity contribution in [3.05, 3.63) is 77.4 Å². The minimum absolute atomic E-state index is 0.0423. The molecule has 0 radical (unpaired) electrons. The highest BCUT2D eigenvalue weighted by molar-refractivity contribution is 7.80. The number of nitrogens with zero attached hydrogens (tertiary/aromatic N) is 4. The molecule has 0 unspecified atom stereocenters. The molecule has 1 aliphatic carbocycles. The largest absolute Gasteiger partial charge is 0.378 e. The normalized spacial score (nSPS) is 21.1. The van der Waals surface area contributed by atoms with E-state index in [4.69, 9.17) is 17.2 Å². The molecule has 6 heteroatoms. The first-order valence-electron chi connectivity index (χ1n) is 12.4. The van der Waals surface area contributed by atoms with Gasteiger partial charge in [0.1, 0.15) is 0 Å². The van der Waals surface area contributed by atoms with Crippen LogP contribution in [0.2, 0.25) is 0 Å². The first-order chi connectivity index (χ1) is 16.5. The molecule has 0 amide bonds. The summed E-state index contributed by atoms with van der Waals surface area (Å²) in [5, 5.41) is 4.53. The number of benzene rings is 1. The summed E-state index contributed by atoms with van der Waals surface area (Å²) in [6, 6.07) is 18.0. The Morgan fingerprint density at radius 3 is 2.38 bits per heavy atom. The summed E-state index contributed by atoms with van der Waals surface area (Å²) < 4.78 is 2.38. The summed E-state index contributed by atoms with van der Waals surface area (Å²) in [5.74, 6) is 0. The first-order valence-corrected chi connectivity index (χ1v) is 12.8. The van der Waals surface area contributed by atoms with Crippen molar-refractivity contribution in [1.29, 1.82) is 0 Å². The molecule has 2 aliphatic rings. The van der Waals surface area contributed by atoms with Gasteiger partial charge in [0.25, 0.3) is 0 Å². The molecule has 1 saturated heterocycles. The van der Waals surface area contributed by atoms with E-state index in [1.165, 1.54) is 60.4 Å². The molecule has 0 spiro atoms.